The zero-order valence-corrected chi connectivity index (χ0v) is 10.5. The van der Waals surface area contributed by atoms with Gasteiger partial charge in [0.15, 0.2) is 5.60 Å². The molecule has 2 atom stereocenters. The molecule has 1 heterocycles. The normalized spacial score (nSPS) is 24.1. The Balaban J connectivity index is 2.67. The van der Waals surface area contributed by atoms with Crippen LogP contribution in [0.2, 0.25) is 0 Å². The molecule has 0 aromatic carbocycles. The van der Waals surface area contributed by atoms with Crippen molar-refractivity contribution in [3.8, 4) is 0 Å². The molecule has 1 aliphatic rings. The van der Waals surface area contributed by atoms with Crippen LogP contribution < -0.4 is 5.32 Å². The smallest absolute Gasteiger partial charge is 0.338 e. The topological polar surface area (TPSA) is 78.9 Å². The number of aliphatic hydroxyl groups is 1. The van der Waals surface area contributed by atoms with Gasteiger partial charge in [0, 0.05) is 13.6 Å². The highest BCUT2D eigenvalue weighted by Gasteiger charge is 2.39. The first-order valence-corrected chi connectivity index (χ1v) is 5.69. The van der Waals surface area contributed by atoms with E-state index in [-0.39, 0.29) is 18.5 Å². The number of β-amino-alcohol motifs (C(OH)–C–C–N with tert-alkyl or cyclic N) is 1. The monoisotopic (exact) mass is 244 g/mol. The molecule has 1 fully saturated rings. The Morgan fingerprint density at radius 3 is 2.76 bits per heavy atom. The number of rotatable bonds is 4. The molecule has 0 radical (unpaired) electrons. The average molecular weight is 244 g/mol. The largest absolute Gasteiger partial charge is 0.467 e. The lowest BCUT2D eigenvalue weighted by molar-refractivity contribution is -0.163. The summed E-state index contributed by atoms with van der Waals surface area (Å²) in [5, 5.41) is 12.6. The maximum atomic E-state index is 11.6. The van der Waals surface area contributed by atoms with Crippen LogP contribution in [0.5, 0.6) is 0 Å². The van der Waals surface area contributed by atoms with Crippen molar-refractivity contribution in [3.63, 3.8) is 0 Å². The number of amides is 1. The molecule has 2 unspecified atom stereocenters. The Hall–Kier alpha value is -1.14. The molecule has 1 aliphatic heterocycles. The summed E-state index contributed by atoms with van der Waals surface area (Å²) in [4.78, 5) is 24.8. The van der Waals surface area contributed by atoms with E-state index in [0.29, 0.717) is 6.54 Å². The number of nitrogens with zero attached hydrogens (tertiary/aromatic N) is 1. The number of methoxy groups -OCH3 is 1. The number of hydrogen-bond donors (Lipinski definition) is 2. The Morgan fingerprint density at radius 1 is 1.59 bits per heavy atom. The first-order chi connectivity index (χ1) is 7.92. The number of carbonyl (C=O) groups is 2. The molecule has 17 heavy (non-hydrogen) atoms. The Bertz CT molecular complexity index is 304. The van der Waals surface area contributed by atoms with Gasteiger partial charge in [-0.2, -0.15) is 0 Å². The third-order valence-electron chi connectivity index (χ3n) is 3.05. The summed E-state index contributed by atoms with van der Waals surface area (Å²) in [6, 6.07) is -0.267. The van der Waals surface area contributed by atoms with Crippen molar-refractivity contribution >= 4 is 11.9 Å². The molecule has 0 saturated carbocycles. The van der Waals surface area contributed by atoms with Crippen molar-refractivity contribution < 1.29 is 19.4 Å². The molecule has 1 saturated heterocycles. The highest BCUT2D eigenvalue weighted by atomic mass is 16.5. The maximum Gasteiger partial charge on any atom is 0.338 e. The minimum atomic E-state index is -1.58. The number of likely N-dealkylation sites (tertiary alicyclic amines) is 1. The van der Waals surface area contributed by atoms with Gasteiger partial charge in [-0.15, -0.1) is 0 Å². The van der Waals surface area contributed by atoms with E-state index in [1.807, 2.05) is 4.90 Å². The number of hydrogen-bond acceptors (Lipinski definition) is 5. The van der Waals surface area contributed by atoms with Crippen molar-refractivity contribution in [2.45, 2.75) is 31.4 Å². The van der Waals surface area contributed by atoms with E-state index >= 15 is 0 Å². The van der Waals surface area contributed by atoms with Gasteiger partial charge in [0.05, 0.1) is 13.2 Å². The summed E-state index contributed by atoms with van der Waals surface area (Å²) in [5.74, 6) is -0.761. The molecule has 0 aliphatic carbocycles. The van der Waals surface area contributed by atoms with Crippen LogP contribution >= 0.6 is 0 Å². The highest BCUT2D eigenvalue weighted by Crippen LogP contribution is 2.20. The molecule has 0 bridgehead atoms. The zero-order chi connectivity index (χ0) is 13.1. The molecule has 6 nitrogen and oxygen atoms in total. The SMILES string of the molecule is CNC(=O)C1CCCN1CC(C)(O)C(=O)OC. The Labute approximate surface area is 101 Å². The van der Waals surface area contributed by atoms with Gasteiger partial charge < -0.3 is 15.2 Å². The second-order valence-electron chi connectivity index (χ2n) is 4.51. The minimum Gasteiger partial charge on any atom is -0.467 e. The van der Waals surface area contributed by atoms with Gasteiger partial charge in [0.2, 0.25) is 5.91 Å². The third kappa shape index (κ3) is 3.17. The fourth-order valence-corrected chi connectivity index (χ4v) is 2.16. The van der Waals surface area contributed by atoms with E-state index in [1.54, 1.807) is 7.05 Å². The summed E-state index contributed by atoms with van der Waals surface area (Å²) in [5.41, 5.74) is -1.58. The molecule has 1 rings (SSSR count). The maximum absolute atomic E-state index is 11.6. The molecule has 2 N–H and O–H groups in total. The summed E-state index contributed by atoms with van der Waals surface area (Å²) >= 11 is 0. The van der Waals surface area contributed by atoms with Gasteiger partial charge in [-0.3, -0.25) is 9.69 Å². The molecule has 0 aromatic heterocycles. The van der Waals surface area contributed by atoms with E-state index in [9.17, 15) is 14.7 Å². The van der Waals surface area contributed by atoms with Crippen LogP contribution in [0.25, 0.3) is 0 Å². The molecular formula is C11H20N2O4. The van der Waals surface area contributed by atoms with Crippen LogP contribution in [0.3, 0.4) is 0 Å². The third-order valence-corrected chi connectivity index (χ3v) is 3.05. The lowest BCUT2D eigenvalue weighted by atomic mass is 10.1. The van der Waals surface area contributed by atoms with Gasteiger partial charge in [-0.1, -0.05) is 0 Å². The van der Waals surface area contributed by atoms with Gasteiger partial charge in [-0.05, 0) is 26.3 Å². The van der Waals surface area contributed by atoms with Crippen LogP contribution in [-0.2, 0) is 14.3 Å². The van der Waals surface area contributed by atoms with E-state index in [2.05, 4.69) is 10.1 Å². The average Bonchev–Trinajstić information content (AvgIpc) is 2.74. The van der Waals surface area contributed by atoms with Gasteiger partial charge in [-0.25, -0.2) is 4.79 Å². The highest BCUT2D eigenvalue weighted by molar-refractivity contribution is 5.82. The summed E-state index contributed by atoms with van der Waals surface area (Å²) in [6.07, 6.45) is 1.63. The van der Waals surface area contributed by atoms with Crippen LogP contribution in [0, 0.1) is 0 Å². The predicted octanol–water partition coefficient (Wildman–Crippen LogP) is -0.879. The van der Waals surface area contributed by atoms with Crippen LogP contribution in [0.15, 0.2) is 0 Å². The van der Waals surface area contributed by atoms with Crippen LogP contribution in [0.1, 0.15) is 19.8 Å². The van der Waals surface area contributed by atoms with Crippen molar-refractivity contribution in [1.82, 2.24) is 10.2 Å². The minimum absolute atomic E-state index is 0.0804. The standard InChI is InChI=1S/C11H20N2O4/c1-11(16,10(15)17-3)7-13-6-4-5-8(13)9(14)12-2/h8,16H,4-7H2,1-3H3,(H,12,14). The van der Waals surface area contributed by atoms with Crippen molar-refractivity contribution in [2.75, 3.05) is 27.2 Å². The lowest BCUT2D eigenvalue weighted by Crippen LogP contribution is -2.51. The van der Waals surface area contributed by atoms with Crippen molar-refractivity contribution in [2.24, 2.45) is 0 Å². The fourth-order valence-electron chi connectivity index (χ4n) is 2.16. The molecule has 6 heteroatoms. The van der Waals surface area contributed by atoms with E-state index in [0.717, 1.165) is 12.8 Å². The van der Waals surface area contributed by atoms with Crippen molar-refractivity contribution in [3.05, 3.63) is 0 Å². The number of likely N-dealkylation sites (N-methyl/N-ethyl adjacent to an activating group) is 1. The fraction of sp³-hybridized carbons (Fsp3) is 0.818. The second-order valence-corrected chi connectivity index (χ2v) is 4.51. The molecule has 1 amide bonds. The van der Waals surface area contributed by atoms with Gasteiger partial charge in [0.25, 0.3) is 0 Å². The molecular weight excluding hydrogens is 224 g/mol. The number of esters is 1. The molecule has 98 valence electrons. The van der Waals surface area contributed by atoms with Gasteiger partial charge in [0.1, 0.15) is 0 Å². The second kappa shape index (κ2) is 5.46. The molecule has 0 aromatic rings. The van der Waals surface area contributed by atoms with Crippen molar-refractivity contribution in [1.29, 1.82) is 0 Å². The van der Waals surface area contributed by atoms with Gasteiger partial charge >= 0.3 is 5.97 Å². The first-order valence-electron chi connectivity index (χ1n) is 5.69. The van der Waals surface area contributed by atoms with E-state index < -0.39 is 11.6 Å². The summed E-state index contributed by atoms with van der Waals surface area (Å²) in [6.45, 7) is 2.21. The van der Waals surface area contributed by atoms with Crippen LogP contribution in [-0.4, -0.2) is 60.8 Å². The Morgan fingerprint density at radius 2 is 2.24 bits per heavy atom. The Kier molecular flexibility index (Phi) is 4.47. The summed E-state index contributed by atoms with van der Waals surface area (Å²) < 4.78 is 4.53. The predicted molar refractivity (Wildman–Crippen MR) is 61.3 cm³/mol. The quantitative estimate of drug-likeness (QED) is 0.628. The van der Waals surface area contributed by atoms with Crippen LogP contribution in [0.4, 0.5) is 0 Å². The number of carbonyl (C=O) groups excluding carboxylic acids is 2. The molecule has 0 spiro atoms. The number of nitrogens with one attached hydrogen (secondary N) is 1. The van der Waals surface area contributed by atoms with E-state index in [1.165, 1.54) is 14.0 Å². The summed E-state index contributed by atoms with van der Waals surface area (Å²) in [7, 11) is 2.81. The zero-order valence-electron chi connectivity index (χ0n) is 10.5. The number of ether oxygens (including phenoxy) is 1. The lowest BCUT2D eigenvalue weighted by Gasteiger charge is -2.29. The van der Waals surface area contributed by atoms with E-state index in [4.69, 9.17) is 0 Å². The first kappa shape index (κ1) is 13.9.